The summed E-state index contributed by atoms with van der Waals surface area (Å²) in [6, 6.07) is 17.1. The maximum atomic E-state index is 12.5. The average molecular weight is 456 g/mol. The normalized spacial score (nSPS) is 14.1. The summed E-state index contributed by atoms with van der Waals surface area (Å²) in [7, 11) is 0. The molecule has 1 aromatic heterocycles. The smallest absolute Gasteiger partial charge is 0.321 e. The van der Waals surface area contributed by atoms with Gasteiger partial charge < -0.3 is 5.32 Å². The van der Waals surface area contributed by atoms with E-state index in [-0.39, 0.29) is 11.9 Å². The zero-order chi connectivity index (χ0) is 21.8. The zero-order valence-electron chi connectivity index (χ0n) is 16.9. The Kier molecular flexibility index (Phi) is 6.58. The molecule has 0 spiro atoms. The van der Waals surface area contributed by atoms with Gasteiger partial charge in [-0.15, -0.1) is 10.2 Å². The fourth-order valence-corrected chi connectivity index (χ4v) is 3.95. The van der Waals surface area contributed by atoms with Gasteiger partial charge >= 0.3 is 6.03 Å². The Morgan fingerprint density at radius 3 is 2.52 bits per heavy atom. The van der Waals surface area contributed by atoms with Gasteiger partial charge in [-0.2, -0.15) is 0 Å². The maximum Gasteiger partial charge on any atom is 0.321 e. The van der Waals surface area contributed by atoms with E-state index >= 15 is 0 Å². The number of aromatic nitrogens is 3. The third-order valence-electron chi connectivity index (χ3n) is 4.80. The number of halogens is 1. The molecule has 1 heterocycles. The molecule has 160 valence electrons. The van der Waals surface area contributed by atoms with Crippen molar-refractivity contribution in [1.82, 2.24) is 25.4 Å². The number of imide groups is 1. The van der Waals surface area contributed by atoms with Crippen molar-refractivity contribution in [3.8, 4) is 11.4 Å². The topological polar surface area (TPSA) is 88.9 Å². The number of rotatable bonds is 7. The van der Waals surface area contributed by atoms with E-state index in [1.807, 2.05) is 47.0 Å². The first kappa shape index (κ1) is 21.4. The number of carbonyl (C=O) groups is 2. The number of nitrogens with one attached hydrogen (secondary N) is 2. The van der Waals surface area contributed by atoms with Gasteiger partial charge in [0.1, 0.15) is 0 Å². The summed E-state index contributed by atoms with van der Waals surface area (Å²) in [6.45, 7) is 2.29. The van der Waals surface area contributed by atoms with Gasteiger partial charge in [-0.25, -0.2) is 4.79 Å². The number of nitrogens with zero attached hydrogens (tertiary/aromatic N) is 3. The lowest BCUT2D eigenvalue weighted by atomic mass is 10.2. The summed E-state index contributed by atoms with van der Waals surface area (Å²) in [6.07, 6.45) is 1.92. The second kappa shape index (κ2) is 9.53. The van der Waals surface area contributed by atoms with Crippen molar-refractivity contribution in [3.63, 3.8) is 0 Å². The summed E-state index contributed by atoms with van der Waals surface area (Å²) in [5.41, 5.74) is 1.96. The predicted octanol–water partition coefficient (Wildman–Crippen LogP) is 4.12. The van der Waals surface area contributed by atoms with Crippen LogP contribution in [-0.4, -0.2) is 38.0 Å². The van der Waals surface area contributed by atoms with E-state index in [4.69, 9.17) is 11.6 Å². The zero-order valence-corrected chi connectivity index (χ0v) is 18.5. The largest absolute Gasteiger partial charge is 0.335 e. The highest BCUT2D eigenvalue weighted by Crippen LogP contribution is 2.28. The summed E-state index contributed by atoms with van der Waals surface area (Å²) in [4.78, 5) is 24.4. The van der Waals surface area contributed by atoms with Gasteiger partial charge in [0.2, 0.25) is 5.91 Å². The van der Waals surface area contributed by atoms with E-state index in [2.05, 4.69) is 20.8 Å². The number of urea groups is 1. The molecule has 0 bridgehead atoms. The first-order valence-electron chi connectivity index (χ1n) is 10.0. The number of benzene rings is 2. The van der Waals surface area contributed by atoms with Crippen LogP contribution in [0.25, 0.3) is 11.4 Å². The van der Waals surface area contributed by atoms with Crippen LogP contribution in [0.1, 0.15) is 25.3 Å². The van der Waals surface area contributed by atoms with Crippen molar-refractivity contribution in [2.75, 3.05) is 0 Å². The molecule has 4 rings (SSSR count). The highest BCUT2D eigenvalue weighted by molar-refractivity contribution is 8.00. The Labute approximate surface area is 189 Å². The Morgan fingerprint density at radius 1 is 1.13 bits per heavy atom. The Balaban J connectivity index is 1.55. The van der Waals surface area contributed by atoms with Gasteiger partial charge in [0, 0.05) is 16.6 Å². The van der Waals surface area contributed by atoms with Gasteiger partial charge in [0.15, 0.2) is 11.0 Å². The molecule has 1 atom stereocenters. The molecule has 0 aliphatic heterocycles. The highest BCUT2D eigenvalue weighted by Gasteiger charge is 2.26. The van der Waals surface area contributed by atoms with Crippen molar-refractivity contribution in [1.29, 1.82) is 0 Å². The van der Waals surface area contributed by atoms with Crippen LogP contribution in [0.2, 0.25) is 5.02 Å². The second-order valence-electron chi connectivity index (χ2n) is 7.38. The van der Waals surface area contributed by atoms with E-state index in [0.29, 0.717) is 22.5 Å². The monoisotopic (exact) mass is 455 g/mol. The second-order valence-corrected chi connectivity index (χ2v) is 9.13. The molecular weight excluding hydrogens is 434 g/mol. The summed E-state index contributed by atoms with van der Waals surface area (Å²) in [5.74, 6) is 0.313. The Bertz CT molecular complexity index is 1070. The summed E-state index contributed by atoms with van der Waals surface area (Å²) in [5, 5.41) is 14.6. The highest BCUT2D eigenvalue weighted by atomic mass is 35.5. The Morgan fingerprint density at radius 2 is 1.84 bits per heavy atom. The molecule has 1 aliphatic rings. The van der Waals surface area contributed by atoms with Crippen LogP contribution < -0.4 is 10.6 Å². The van der Waals surface area contributed by atoms with Crippen LogP contribution >= 0.6 is 23.4 Å². The van der Waals surface area contributed by atoms with Gasteiger partial charge in [-0.1, -0.05) is 53.7 Å². The van der Waals surface area contributed by atoms with Gasteiger partial charge in [-0.3, -0.25) is 14.7 Å². The number of amides is 3. The number of hydrogen-bond donors (Lipinski definition) is 2. The fraction of sp³-hybridized carbons (Fsp3) is 0.273. The first-order valence-corrected chi connectivity index (χ1v) is 11.3. The van der Waals surface area contributed by atoms with Gasteiger partial charge in [0.05, 0.1) is 11.8 Å². The van der Waals surface area contributed by atoms with E-state index in [1.54, 1.807) is 19.1 Å². The minimum atomic E-state index is -0.526. The molecule has 1 unspecified atom stereocenters. The predicted molar refractivity (Wildman–Crippen MR) is 121 cm³/mol. The first-order chi connectivity index (χ1) is 15.0. The van der Waals surface area contributed by atoms with Crippen LogP contribution in [0.3, 0.4) is 0 Å². The van der Waals surface area contributed by atoms with Crippen LogP contribution in [0.15, 0.2) is 59.8 Å². The summed E-state index contributed by atoms with van der Waals surface area (Å²) >= 11 is 7.29. The van der Waals surface area contributed by atoms with Crippen LogP contribution in [0.5, 0.6) is 0 Å². The molecule has 2 aromatic carbocycles. The molecule has 3 aromatic rings. The van der Waals surface area contributed by atoms with Crippen molar-refractivity contribution in [2.24, 2.45) is 0 Å². The molecule has 3 amide bonds. The van der Waals surface area contributed by atoms with E-state index < -0.39 is 11.3 Å². The number of hydrogen-bond acceptors (Lipinski definition) is 5. The quantitative estimate of drug-likeness (QED) is 0.523. The van der Waals surface area contributed by atoms with Crippen molar-refractivity contribution in [3.05, 3.63) is 65.2 Å². The minimum Gasteiger partial charge on any atom is -0.335 e. The molecular formula is C22H22ClN5O2S. The van der Waals surface area contributed by atoms with Crippen LogP contribution in [0, 0.1) is 0 Å². The molecule has 7 nitrogen and oxygen atoms in total. The lowest BCUT2D eigenvalue weighted by molar-refractivity contribution is -0.119. The van der Waals surface area contributed by atoms with Crippen molar-refractivity contribution < 1.29 is 9.59 Å². The van der Waals surface area contributed by atoms with Crippen LogP contribution in [-0.2, 0) is 11.3 Å². The molecule has 1 saturated carbocycles. The molecule has 0 radical (unpaired) electrons. The molecule has 9 heteroatoms. The SMILES string of the molecule is CC(Sc1nnc(-c2ccc(Cl)cc2)n1Cc1ccccc1)C(=O)NC(=O)NC1CC1. The van der Waals surface area contributed by atoms with Crippen LogP contribution in [0.4, 0.5) is 4.79 Å². The molecule has 2 N–H and O–H groups in total. The summed E-state index contributed by atoms with van der Waals surface area (Å²) < 4.78 is 1.97. The third-order valence-corrected chi connectivity index (χ3v) is 6.14. The lowest BCUT2D eigenvalue weighted by Crippen LogP contribution is -2.43. The molecule has 0 saturated heterocycles. The number of thioether (sulfide) groups is 1. The van der Waals surface area contributed by atoms with E-state index in [9.17, 15) is 9.59 Å². The average Bonchev–Trinajstić information content (AvgIpc) is 3.49. The maximum absolute atomic E-state index is 12.5. The van der Waals surface area contributed by atoms with Crippen molar-refractivity contribution >= 4 is 35.3 Å². The molecule has 31 heavy (non-hydrogen) atoms. The molecule has 1 aliphatic carbocycles. The third kappa shape index (κ3) is 5.65. The lowest BCUT2D eigenvalue weighted by Gasteiger charge is -2.14. The fourth-order valence-electron chi connectivity index (χ4n) is 2.97. The minimum absolute atomic E-state index is 0.187. The standard InChI is InChI=1S/C22H22ClN5O2S/c1-14(20(29)25-21(30)24-18-11-12-18)31-22-27-26-19(16-7-9-17(23)10-8-16)28(22)13-15-5-3-2-4-6-15/h2-10,14,18H,11-13H2,1H3,(H2,24,25,29,30). The van der Waals surface area contributed by atoms with Crippen molar-refractivity contribution in [2.45, 2.75) is 42.8 Å². The van der Waals surface area contributed by atoms with E-state index in [0.717, 1.165) is 24.0 Å². The molecule has 1 fully saturated rings. The number of carbonyl (C=O) groups excluding carboxylic acids is 2. The van der Waals surface area contributed by atoms with E-state index in [1.165, 1.54) is 11.8 Å². The Hall–Kier alpha value is -2.84. The van der Waals surface area contributed by atoms with Gasteiger partial charge in [0.25, 0.3) is 0 Å². The van der Waals surface area contributed by atoms with Gasteiger partial charge in [-0.05, 0) is 49.6 Å².